The van der Waals surface area contributed by atoms with Crippen LogP contribution in [0.2, 0.25) is 0 Å². The molecule has 1 aromatic rings. The normalized spacial score (nSPS) is 11.5. The molecule has 0 fully saturated rings. The zero-order chi connectivity index (χ0) is 14.5. The van der Waals surface area contributed by atoms with E-state index in [-0.39, 0.29) is 17.1 Å². The van der Waals surface area contributed by atoms with Crippen LogP contribution in [0.15, 0.2) is 23.1 Å². The van der Waals surface area contributed by atoms with Gasteiger partial charge in [0.05, 0.1) is 9.82 Å². The van der Waals surface area contributed by atoms with Crippen LogP contribution in [0.5, 0.6) is 0 Å². The van der Waals surface area contributed by atoms with Gasteiger partial charge in [-0.2, -0.15) is 0 Å². The molecule has 0 heterocycles. The van der Waals surface area contributed by atoms with Crippen LogP contribution < -0.4 is 10.5 Å². The molecular formula is C11H17N3O4S. The van der Waals surface area contributed by atoms with E-state index >= 15 is 0 Å². The smallest absolute Gasteiger partial charge is 0.273 e. The molecule has 0 amide bonds. The lowest BCUT2D eigenvalue weighted by atomic mass is 10.2. The van der Waals surface area contributed by atoms with Crippen LogP contribution in [-0.4, -0.2) is 26.4 Å². The van der Waals surface area contributed by atoms with Crippen molar-refractivity contribution in [1.29, 1.82) is 0 Å². The van der Waals surface area contributed by atoms with E-state index in [1.807, 2.05) is 0 Å². The molecule has 106 valence electrons. The second-order valence-electron chi connectivity index (χ2n) is 4.10. The van der Waals surface area contributed by atoms with Crippen LogP contribution in [-0.2, 0) is 10.0 Å². The van der Waals surface area contributed by atoms with Crippen molar-refractivity contribution in [2.75, 3.05) is 13.1 Å². The molecule has 8 heteroatoms. The Hall–Kier alpha value is -1.51. The van der Waals surface area contributed by atoms with Gasteiger partial charge in [-0.1, -0.05) is 6.07 Å². The second-order valence-corrected chi connectivity index (χ2v) is 5.87. The highest BCUT2D eigenvalue weighted by atomic mass is 32.2. The number of rotatable bonds is 7. The first-order valence-corrected chi connectivity index (χ1v) is 7.31. The minimum absolute atomic E-state index is 0.0995. The Morgan fingerprint density at radius 3 is 2.63 bits per heavy atom. The van der Waals surface area contributed by atoms with E-state index in [4.69, 9.17) is 5.73 Å². The van der Waals surface area contributed by atoms with Gasteiger partial charge in [0, 0.05) is 18.2 Å². The van der Waals surface area contributed by atoms with E-state index in [2.05, 4.69) is 4.72 Å². The van der Waals surface area contributed by atoms with Crippen molar-refractivity contribution in [3.05, 3.63) is 33.9 Å². The van der Waals surface area contributed by atoms with Crippen molar-refractivity contribution in [3.8, 4) is 0 Å². The number of aryl methyl sites for hydroxylation is 1. The van der Waals surface area contributed by atoms with Gasteiger partial charge >= 0.3 is 0 Å². The Balaban J connectivity index is 2.89. The summed E-state index contributed by atoms with van der Waals surface area (Å²) in [7, 11) is -3.71. The SMILES string of the molecule is Cc1ccc(S(=O)(=O)NCCCCN)cc1[N+](=O)[O-]. The highest BCUT2D eigenvalue weighted by Gasteiger charge is 2.19. The van der Waals surface area contributed by atoms with Gasteiger partial charge < -0.3 is 5.73 Å². The van der Waals surface area contributed by atoms with E-state index in [1.54, 1.807) is 6.92 Å². The topological polar surface area (TPSA) is 115 Å². The van der Waals surface area contributed by atoms with E-state index in [0.717, 1.165) is 12.5 Å². The maximum absolute atomic E-state index is 11.9. The monoisotopic (exact) mass is 287 g/mol. The average molecular weight is 287 g/mol. The van der Waals surface area contributed by atoms with E-state index in [1.165, 1.54) is 12.1 Å². The summed E-state index contributed by atoms with van der Waals surface area (Å²) in [4.78, 5) is 10.1. The van der Waals surface area contributed by atoms with Crippen molar-refractivity contribution in [2.45, 2.75) is 24.7 Å². The number of benzene rings is 1. The number of nitrogens with zero attached hydrogens (tertiary/aromatic N) is 1. The third kappa shape index (κ3) is 4.27. The quantitative estimate of drug-likeness (QED) is 0.439. The summed E-state index contributed by atoms with van der Waals surface area (Å²) in [6, 6.07) is 3.85. The number of nitro benzene ring substituents is 1. The van der Waals surface area contributed by atoms with Crippen LogP contribution in [0.25, 0.3) is 0 Å². The maximum Gasteiger partial charge on any atom is 0.273 e. The van der Waals surface area contributed by atoms with Crippen molar-refractivity contribution < 1.29 is 13.3 Å². The van der Waals surface area contributed by atoms with Gasteiger partial charge in [-0.3, -0.25) is 10.1 Å². The van der Waals surface area contributed by atoms with Crippen LogP contribution in [0.3, 0.4) is 0 Å². The van der Waals surface area contributed by atoms with Crippen LogP contribution in [0, 0.1) is 17.0 Å². The molecule has 0 atom stereocenters. The van der Waals surface area contributed by atoms with Gasteiger partial charge in [-0.15, -0.1) is 0 Å². The maximum atomic E-state index is 11.9. The third-order valence-electron chi connectivity index (χ3n) is 2.61. The first-order chi connectivity index (χ1) is 8.88. The standard InChI is InChI=1S/C11H17N3O4S/c1-9-4-5-10(8-11(9)14(15)16)19(17,18)13-7-3-2-6-12/h4-5,8,13H,2-3,6-7,12H2,1H3. The van der Waals surface area contributed by atoms with Gasteiger partial charge in [-0.25, -0.2) is 13.1 Å². The zero-order valence-corrected chi connectivity index (χ0v) is 11.4. The fourth-order valence-electron chi connectivity index (χ4n) is 1.51. The number of hydrogen-bond donors (Lipinski definition) is 2. The van der Waals surface area contributed by atoms with Crippen molar-refractivity contribution >= 4 is 15.7 Å². The summed E-state index contributed by atoms with van der Waals surface area (Å²) in [6.45, 7) is 2.32. The Morgan fingerprint density at radius 1 is 1.37 bits per heavy atom. The molecule has 0 aromatic heterocycles. The van der Waals surface area contributed by atoms with Gasteiger partial charge in [0.15, 0.2) is 0 Å². The Bertz CT molecular complexity index is 557. The second kappa shape index (κ2) is 6.60. The summed E-state index contributed by atoms with van der Waals surface area (Å²) in [5, 5.41) is 10.8. The summed E-state index contributed by atoms with van der Waals surface area (Å²) >= 11 is 0. The number of sulfonamides is 1. The van der Waals surface area contributed by atoms with Gasteiger partial charge in [0.25, 0.3) is 5.69 Å². The molecule has 1 aromatic carbocycles. The molecule has 0 unspecified atom stereocenters. The molecule has 0 radical (unpaired) electrons. The molecule has 0 bridgehead atoms. The average Bonchev–Trinajstić information content (AvgIpc) is 2.34. The fraction of sp³-hybridized carbons (Fsp3) is 0.455. The molecule has 7 nitrogen and oxygen atoms in total. The Kier molecular flexibility index (Phi) is 5.40. The molecule has 3 N–H and O–H groups in total. The summed E-state index contributed by atoms with van der Waals surface area (Å²) in [5.74, 6) is 0. The predicted molar refractivity (Wildman–Crippen MR) is 71.3 cm³/mol. The minimum Gasteiger partial charge on any atom is -0.330 e. The molecule has 0 saturated carbocycles. The lowest BCUT2D eigenvalue weighted by Gasteiger charge is -2.07. The lowest BCUT2D eigenvalue weighted by molar-refractivity contribution is -0.385. The van der Waals surface area contributed by atoms with Gasteiger partial charge in [0.2, 0.25) is 10.0 Å². The van der Waals surface area contributed by atoms with Gasteiger partial charge in [-0.05, 0) is 32.4 Å². The van der Waals surface area contributed by atoms with Crippen molar-refractivity contribution in [3.63, 3.8) is 0 Å². The van der Waals surface area contributed by atoms with Crippen LogP contribution in [0.1, 0.15) is 18.4 Å². The number of nitrogens with one attached hydrogen (secondary N) is 1. The molecule has 19 heavy (non-hydrogen) atoms. The van der Waals surface area contributed by atoms with Crippen LogP contribution >= 0.6 is 0 Å². The van der Waals surface area contributed by atoms with E-state index in [0.29, 0.717) is 18.5 Å². The number of hydrogen-bond acceptors (Lipinski definition) is 5. The Labute approximate surface area is 112 Å². The molecule has 0 spiro atoms. The van der Waals surface area contributed by atoms with E-state index < -0.39 is 14.9 Å². The third-order valence-corrected chi connectivity index (χ3v) is 4.07. The molecule has 0 saturated heterocycles. The summed E-state index contributed by atoms with van der Waals surface area (Å²) in [5.41, 5.74) is 5.53. The van der Waals surface area contributed by atoms with Gasteiger partial charge in [0.1, 0.15) is 0 Å². The summed E-state index contributed by atoms with van der Waals surface area (Å²) in [6.07, 6.45) is 1.35. The van der Waals surface area contributed by atoms with Crippen molar-refractivity contribution in [1.82, 2.24) is 4.72 Å². The van der Waals surface area contributed by atoms with E-state index in [9.17, 15) is 18.5 Å². The zero-order valence-electron chi connectivity index (χ0n) is 10.6. The number of unbranched alkanes of at least 4 members (excludes halogenated alkanes) is 1. The minimum atomic E-state index is -3.71. The fourth-order valence-corrected chi connectivity index (χ4v) is 2.61. The van der Waals surface area contributed by atoms with Crippen LogP contribution in [0.4, 0.5) is 5.69 Å². The molecule has 0 aliphatic carbocycles. The predicted octanol–water partition coefficient (Wildman–Crippen LogP) is 0.920. The first kappa shape index (κ1) is 15.5. The van der Waals surface area contributed by atoms with Crippen molar-refractivity contribution in [2.24, 2.45) is 5.73 Å². The highest BCUT2D eigenvalue weighted by Crippen LogP contribution is 2.21. The highest BCUT2D eigenvalue weighted by molar-refractivity contribution is 7.89. The lowest BCUT2D eigenvalue weighted by Crippen LogP contribution is -2.25. The molecular weight excluding hydrogens is 270 g/mol. The summed E-state index contributed by atoms with van der Waals surface area (Å²) < 4.78 is 26.2. The first-order valence-electron chi connectivity index (χ1n) is 5.83. The number of nitro groups is 1. The largest absolute Gasteiger partial charge is 0.330 e. The molecule has 0 aliphatic heterocycles. The number of nitrogens with two attached hydrogens (primary N) is 1. The Morgan fingerprint density at radius 2 is 2.05 bits per heavy atom. The molecule has 0 aliphatic rings. The molecule has 1 rings (SSSR count).